The summed E-state index contributed by atoms with van der Waals surface area (Å²) in [6, 6.07) is 45.2. The summed E-state index contributed by atoms with van der Waals surface area (Å²) in [5.74, 6) is 0. The first-order valence-corrected chi connectivity index (χ1v) is 19.3. The van der Waals surface area contributed by atoms with Gasteiger partial charge in [-0.05, 0) is 67.6 Å². The normalized spacial score (nSPS) is 7.02. The number of hydrogen-bond acceptors (Lipinski definition) is 7. The van der Waals surface area contributed by atoms with Crippen molar-refractivity contribution < 1.29 is 9.84 Å². The number of rotatable bonds is 0. The molecule has 7 heteroatoms. The molecule has 7 aromatic rings. The van der Waals surface area contributed by atoms with E-state index in [0.29, 0.717) is 0 Å². The minimum absolute atomic E-state index is 0. The average molecular weight is 798 g/mol. The minimum Gasteiger partial charge on any atom is -0.400 e. The van der Waals surface area contributed by atoms with Crippen molar-refractivity contribution in [2.24, 2.45) is 0 Å². The van der Waals surface area contributed by atoms with Crippen molar-refractivity contribution >= 4 is 10.9 Å². The topological polar surface area (TPSA) is 93.9 Å². The summed E-state index contributed by atoms with van der Waals surface area (Å²) in [6.45, 7) is 22.1. The lowest BCUT2D eigenvalue weighted by atomic mass is 10.2. The van der Waals surface area contributed by atoms with Crippen LogP contribution >= 0.6 is 0 Å². The molecule has 7 rings (SSSR count). The van der Waals surface area contributed by atoms with Crippen LogP contribution in [0.3, 0.4) is 0 Å². The van der Waals surface area contributed by atoms with Crippen molar-refractivity contribution in [3.8, 4) is 0 Å². The van der Waals surface area contributed by atoms with Crippen LogP contribution < -0.4 is 0 Å². The third-order valence-corrected chi connectivity index (χ3v) is 4.72. The molecule has 5 heterocycles. The third kappa shape index (κ3) is 62.4. The summed E-state index contributed by atoms with van der Waals surface area (Å²) in [5.41, 5.74) is 2.38. The maximum absolute atomic E-state index is 7.00. The van der Waals surface area contributed by atoms with Crippen LogP contribution in [0.5, 0.6) is 0 Å². The smallest absolute Gasteiger partial charge is 0.0701 e. The van der Waals surface area contributed by atoms with E-state index in [1.54, 1.807) is 63.8 Å². The monoisotopic (exact) mass is 798 g/mol. The van der Waals surface area contributed by atoms with Gasteiger partial charge >= 0.3 is 0 Å². The molecule has 1 N–H and O–H groups in total. The Bertz CT molecular complexity index is 1200. The molecule has 2 aromatic carbocycles. The Hall–Kier alpha value is -5.63. The Morgan fingerprint density at radius 1 is 0.345 bits per heavy atom. The molecule has 58 heavy (non-hydrogen) atoms. The maximum atomic E-state index is 7.00. The third-order valence-electron chi connectivity index (χ3n) is 4.72. The summed E-state index contributed by atoms with van der Waals surface area (Å²) in [5, 5.41) is 8.20. The number of pyridine rings is 5. The molecule has 0 saturated heterocycles. The van der Waals surface area contributed by atoms with Gasteiger partial charge in [0, 0.05) is 82.5 Å². The Morgan fingerprint density at radius 3 is 0.793 bits per heavy atom. The zero-order chi connectivity index (χ0) is 43.6. The average Bonchev–Trinajstić information content (AvgIpc) is 3.34. The fourth-order valence-corrected chi connectivity index (χ4v) is 2.80. The number of aliphatic hydroxyl groups excluding tert-OH is 1. The SMILES string of the molecule is C.C.CC.CC.CC.CC.CC.CO.COC.Cc1ccccc1.c1ccc2ncccc2c1.c1ccncc1.c1ccncc1.c1ccncc1.c1ccncc1. The molecule has 0 spiro atoms. The predicted molar refractivity (Wildman–Crippen MR) is 261 cm³/mol. The molecule has 0 atom stereocenters. The van der Waals surface area contributed by atoms with Crippen LogP contribution in [0, 0.1) is 6.92 Å². The minimum atomic E-state index is 0. The van der Waals surface area contributed by atoms with E-state index in [4.69, 9.17) is 5.11 Å². The van der Waals surface area contributed by atoms with Gasteiger partial charge in [0.05, 0.1) is 5.52 Å². The van der Waals surface area contributed by atoms with Gasteiger partial charge < -0.3 is 9.84 Å². The van der Waals surface area contributed by atoms with Gasteiger partial charge in [0.15, 0.2) is 0 Å². The van der Waals surface area contributed by atoms with Gasteiger partial charge in [-0.3, -0.25) is 24.9 Å². The van der Waals surface area contributed by atoms with Crippen molar-refractivity contribution in [1.29, 1.82) is 0 Å². The zero-order valence-electron chi connectivity index (χ0n) is 37.1. The van der Waals surface area contributed by atoms with Crippen molar-refractivity contribution in [2.75, 3.05) is 21.3 Å². The number of para-hydroxylation sites is 1. The summed E-state index contributed by atoms with van der Waals surface area (Å²) in [4.78, 5) is 19.3. The maximum Gasteiger partial charge on any atom is 0.0701 e. The Morgan fingerprint density at radius 2 is 0.586 bits per heavy atom. The fraction of sp³-hybridized carbons (Fsp3) is 0.314. The van der Waals surface area contributed by atoms with Crippen molar-refractivity contribution in [1.82, 2.24) is 24.9 Å². The highest BCUT2D eigenvalue weighted by Crippen LogP contribution is 2.07. The predicted octanol–water partition coefficient (Wildman–Crippen LogP) is 14.8. The highest BCUT2D eigenvalue weighted by Gasteiger charge is 1.86. The molecule has 0 amide bonds. The van der Waals surface area contributed by atoms with E-state index in [1.165, 1.54) is 10.9 Å². The second-order valence-corrected chi connectivity index (χ2v) is 8.36. The molecule has 0 aliphatic carbocycles. The molecule has 7 nitrogen and oxygen atoms in total. The van der Waals surface area contributed by atoms with Gasteiger partial charge in [-0.2, -0.15) is 0 Å². The molecule has 0 fully saturated rings. The van der Waals surface area contributed by atoms with Crippen LogP contribution in [0.4, 0.5) is 0 Å². The molecule has 0 unspecified atom stereocenters. The van der Waals surface area contributed by atoms with Gasteiger partial charge in [0.25, 0.3) is 0 Å². The van der Waals surface area contributed by atoms with Crippen molar-refractivity contribution in [3.63, 3.8) is 0 Å². The first-order valence-electron chi connectivity index (χ1n) is 19.3. The first-order chi connectivity index (χ1) is 27.8. The number of methoxy groups -OCH3 is 1. The molecule has 5 aromatic heterocycles. The zero-order valence-corrected chi connectivity index (χ0v) is 37.1. The number of aryl methyl sites for hydroxylation is 1. The fourth-order valence-electron chi connectivity index (χ4n) is 2.80. The molecular formula is C51H83N5O2. The number of nitrogens with zero attached hydrogens (tertiary/aromatic N) is 5. The van der Waals surface area contributed by atoms with E-state index < -0.39 is 0 Å². The Labute approximate surface area is 357 Å². The first kappa shape index (κ1) is 70.2. The van der Waals surface area contributed by atoms with Crippen LogP contribution in [-0.2, 0) is 4.74 Å². The number of ether oxygens (including phenoxy) is 1. The number of aromatic nitrogens is 5. The van der Waals surface area contributed by atoms with Gasteiger partial charge in [0.2, 0.25) is 0 Å². The molecule has 0 bridgehead atoms. The number of benzene rings is 2. The number of aliphatic hydroxyl groups is 1. The molecule has 0 aliphatic rings. The standard InChI is InChI=1S/C9H7N.C7H8.4C5H5N.C2H6O.5C2H6.CH4O.2CH4/c1-2-6-9-8(4-1)5-3-7-10-9;1-7-5-3-2-4-6-7;4*1-2-4-6-5-3-1;1-3-2;6*1-2;;/h1-7H;2-6H,1H3;4*1-5H;1-2H3;5*1-2H3;2H,1H3;2*1H4. The summed E-state index contributed by atoms with van der Waals surface area (Å²) in [7, 11) is 4.25. The Kier molecular flexibility index (Phi) is 92.2. The highest BCUT2D eigenvalue weighted by molar-refractivity contribution is 5.77. The van der Waals surface area contributed by atoms with Crippen LogP contribution in [-0.4, -0.2) is 51.4 Å². The summed E-state index contributed by atoms with van der Waals surface area (Å²) >= 11 is 0. The van der Waals surface area contributed by atoms with Crippen LogP contribution in [0.25, 0.3) is 10.9 Å². The lowest BCUT2D eigenvalue weighted by Gasteiger charge is -1.91. The quantitative estimate of drug-likeness (QED) is 0.163. The van der Waals surface area contributed by atoms with E-state index >= 15 is 0 Å². The van der Waals surface area contributed by atoms with Crippen molar-refractivity contribution in [2.45, 2.75) is 91.0 Å². The van der Waals surface area contributed by atoms with E-state index in [9.17, 15) is 0 Å². The van der Waals surface area contributed by atoms with Gasteiger partial charge in [-0.15, -0.1) is 0 Å². The molecule has 0 aliphatic heterocycles. The molecule has 0 saturated carbocycles. The summed E-state index contributed by atoms with van der Waals surface area (Å²) < 4.78 is 4.25. The van der Waals surface area contributed by atoms with Crippen LogP contribution in [0.15, 0.2) is 195 Å². The molecule has 0 radical (unpaired) electrons. The molecular weight excluding hydrogens is 715 g/mol. The number of fused-ring (bicyclic) bond motifs is 1. The molecule has 324 valence electrons. The second-order valence-electron chi connectivity index (χ2n) is 8.36. The van der Waals surface area contributed by atoms with Crippen LogP contribution in [0.1, 0.15) is 89.7 Å². The van der Waals surface area contributed by atoms with Gasteiger partial charge in [-0.25, -0.2) is 0 Å². The lowest BCUT2D eigenvalue weighted by Crippen LogP contribution is -1.73. The van der Waals surface area contributed by atoms with E-state index in [0.717, 1.165) is 12.6 Å². The Balaban J connectivity index is -0.0000000810. The van der Waals surface area contributed by atoms with E-state index in [2.05, 4.69) is 60.8 Å². The second kappa shape index (κ2) is 76.2. The van der Waals surface area contributed by atoms with Gasteiger partial charge in [-0.1, -0.05) is 169 Å². The van der Waals surface area contributed by atoms with Crippen LogP contribution in [0.2, 0.25) is 0 Å². The largest absolute Gasteiger partial charge is 0.400 e. The van der Waals surface area contributed by atoms with E-state index in [-0.39, 0.29) is 14.9 Å². The summed E-state index contributed by atoms with van der Waals surface area (Å²) in [6.07, 6.45) is 15.8. The highest BCUT2D eigenvalue weighted by atomic mass is 16.4. The van der Waals surface area contributed by atoms with E-state index in [1.807, 2.05) is 191 Å². The lowest BCUT2D eigenvalue weighted by molar-refractivity contribution is 0.277. The van der Waals surface area contributed by atoms with Crippen molar-refractivity contribution in [3.05, 3.63) is 201 Å². The number of hydrogen-bond donors (Lipinski definition) is 1. The van der Waals surface area contributed by atoms with Gasteiger partial charge in [0.1, 0.15) is 0 Å².